The number of piperidine rings is 3. The predicted molar refractivity (Wildman–Crippen MR) is 109 cm³/mol. The lowest BCUT2D eigenvalue weighted by Crippen LogP contribution is -2.70. The van der Waals surface area contributed by atoms with Gasteiger partial charge in [-0.15, -0.1) is 0 Å². The van der Waals surface area contributed by atoms with Crippen LogP contribution in [0.2, 0.25) is 0 Å². The summed E-state index contributed by atoms with van der Waals surface area (Å²) in [6.07, 6.45) is 5.47. The summed E-state index contributed by atoms with van der Waals surface area (Å²) in [7, 11) is 0. The minimum atomic E-state index is -0.0365. The minimum absolute atomic E-state index is 0.0140. The monoisotopic (exact) mass is 379 g/mol. The Morgan fingerprint density at radius 1 is 1.39 bits per heavy atom. The standard InChI is InChI=1S/C23H29N3O2/c1-4-23-13-26-10-8-16(23)12-20(26)21(28-23)17-7-9-24-19-6-5-15(11-18(17)19)22(27)25-14(2)3/h5-7,9,11,14,16,20-21H,4,8,10,12-13H2,1-3H3,(H,25,27)/t16-,20+,21-,23-/m0/s1. The number of nitrogens with zero attached hydrogens (tertiary/aromatic N) is 2. The molecule has 2 aromatic rings. The summed E-state index contributed by atoms with van der Waals surface area (Å²) in [4.78, 5) is 19.7. The molecular formula is C23H29N3O2. The number of amides is 1. The van der Waals surface area contributed by atoms with Crippen LogP contribution >= 0.6 is 0 Å². The van der Waals surface area contributed by atoms with E-state index in [0.29, 0.717) is 17.5 Å². The quantitative estimate of drug-likeness (QED) is 0.880. The molecule has 7 rings (SSSR count). The highest BCUT2D eigenvalue weighted by atomic mass is 16.5. The summed E-state index contributed by atoms with van der Waals surface area (Å²) in [5.41, 5.74) is 2.77. The van der Waals surface area contributed by atoms with Crippen molar-refractivity contribution in [2.45, 2.75) is 63.8 Å². The van der Waals surface area contributed by atoms with E-state index < -0.39 is 0 Å². The second kappa shape index (κ2) is 6.53. The molecule has 0 radical (unpaired) electrons. The number of hydrogen-bond donors (Lipinski definition) is 1. The van der Waals surface area contributed by atoms with Crippen molar-refractivity contribution in [2.24, 2.45) is 5.92 Å². The van der Waals surface area contributed by atoms with Crippen LogP contribution in [0.3, 0.4) is 0 Å². The Kier molecular flexibility index (Phi) is 4.21. The largest absolute Gasteiger partial charge is 0.364 e. The molecule has 148 valence electrons. The van der Waals surface area contributed by atoms with Crippen LogP contribution in [0.5, 0.6) is 0 Å². The second-order valence-electron chi connectivity index (χ2n) is 8.98. The highest BCUT2D eigenvalue weighted by Crippen LogP contribution is 2.54. The number of hydrogen-bond acceptors (Lipinski definition) is 4. The van der Waals surface area contributed by atoms with Gasteiger partial charge in [-0.3, -0.25) is 14.7 Å². The van der Waals surface area contributed by atoms with E-state index in [9.17, 15) is 4.79 Å². The number of morpholine rings is 1. The van der Waals surface area contributed by atoms with Gasteiger partial charge in [0.15, 0.2) is 0 Å². The van der Waals surface area contributed by atoms with E-state index in [2.05, 4.69) is 28.2 Å². The lowest BCUT2D eigenvalue weighted by molar-refractivity contribution is -0.274. The number of nitrogens with one attached hydrogen (secondary N) is 1. The number of carbonyl (C=O) groups excluding carboxylic acids is 1. The van der Waals surface area contributed by atoms with Gasteiger partial charge in [0.25, 0.3) is 5.91 Å². The lowest BCUT2D eigenvalue weighted by atomic mass is 9.66. The van der Waals surface area contributed by atoms with E-state index in [1.54, 1.807) is 0 Å². The molecule has 5 saturated heterocycles. The zero-order chi connectivity index (χ0) is 19.5. The maximum absolute atomic E-state index is 12.5. The van der Waals surface area contributed by atoms with Crippen LogP contribution in [0.15, 0.2) is 30.5 Å². The van der Waals surface area contributed by atoms with Gasteiger partial charge in [-0.2, -0.15) is 0 Å². The van der Waals surface area contributed by atoms with Crippen LogP contribution in [0.1, 0.15) is 62.1 Å². The molecule has 0 spiro atoms. The van der Waals surface area contributed by atoms with Gasteiger partial charge in [-0.05, 0) is 75.4 Å². The van der Waals surface area contributed by atoms with Crippen molar-refractivity contribution in [1.29, 1.82) is 0 Å². The van der Waals surface area contributed by atoms with Gasteiger partial charge in [0, 0.05) is 35.8 Å². The van der Waals surface area contributed by atoms with E-state index in [4.69, 9.17) is 4.74 Å². The van der Waals surface area contributed by atoms with Crippen LogP contribution in [-0.4, -0.2) is 46.6 Å². The fourth-order valence-electron chi connectivity index (χ4n) is 5.63. The summed E-state index contributed by atoms with van der Waals surface area (Å²) < 4.78 is 6.85. The van der Waals surface area contributed by atoms with Crippen molar-refractivity contribution in [1.82, 2.24) is 15.2 Å². The number of carbonyl (C=O) groups is 1. The van der Waals surface area contributed by atoms with Gasteiger partial charge < -0.3 is 10.1 Å². The van der Waals surface area contributed by atoms with Crippen molar-refractivity contribution in [3.8, 4) is 0 Å². The molecule has 0 aliphatic carbocycles. The molecule has 1 aromatic heterocycles. The third kappa shape index (κ3) is 2.67. The molecule has 1 N–H and O–H groups in total. The average Bonchev–Trinajstić information content (AvgIpc) is 2.72. The van der Waals surface area contributed by atoms with E-state index in [1.807, 2.05) is 38.2 Å². The highest BCUT2D eigenvalue weighted by molar-refractivity contribution is 5.98. The molecular weight excluding hydrogens is 350 g/mol. The Morgan fingerprint density at radius 2 is 2.25 bits per heavy atom. The number of fused-ring (bicyclic) bond motifs is 3. The van der Waals surface area contributed by atoms with Crippen LogP contribution in [0, 0.1) is 5.92 Å². The molecule has 5 atom stereocenters. The van der Waals surface area contributed by atoms with Crippen LogP contribution < -0.4 is 5.32 Å². The second-order valence-corrected chi connectivity index (χ2v) is 8.98. The fourth-order valence-corrected chi connectivity index (χ4v) is 5.63. The van der Waals surface area contributed by atoms with E-state index in [1.165, 1.54) is 24.9 Å². The Hall–Kier alpha value is -1.98. The topological polar surface area (TPSA) is 54.5 Å². The summed E-state index contributed by atoms with van der Waals surface area (Å²) in [6, 6.07) is 8.46. The third-order valence-corrected chi connectivity index (χ3v) is 7.05. The first kappa shape index (κ1) is 18.1. The van der Waals surface area contributed by atoms with Crippen LogP contribution in [-0.2, 0) is 4.74 Å². The first-order chi connectivity index (χ1) is 13.5. The molecule has 28 heavy (non-hydrogen) atoms. The zero-order valence-electron chi connectivity index (χ0n) is 16.9. The summed E-state index contributed by atoms with van der Waals surface area (Å²) in [5.74, 6) is 0.648. The van der Waals surface area contributed by atoms with Crippen molar-refractivity contribution >= 4 is 16.8 Å². The van der Waals surface area contributed by atoms with Crippen LogP contribution in [0.4, 0.5) is 0 Å². The minimum Gasteiger partial charge on any atom is -0.364 e. The van der Waals surface area contributed by atoms with E-state index in [0.717, 1.165) is 23.9 Å². The van der Waals surface area contributed by atoms with Gasteiger partial charge in [0.2, 0.25) is 0 Å². The normalized spacial score (nSPS) is 33.6. The van der Waals surface area contributed by atoms with Gasteiger partial charge in [-0.25, -0.2) is 0 Å². The first-order valence-electron chi connectivity index (χ1n) is 10.6. The smallest absolute Gasteiger partial charge is 0.251 e. The number of ether oxygens (including phenoxy) is 1. The van der Waals surface area contributed by atoms with Crippen LogP contribution in [0.25, 0.3) is 10.9 Å². The number of benzene rings is 1. The molecule has 1 unspecified atom stereocenters. The molecule has 5 fully saturated rings. The zero-order valence-corrected chi connectivity index (χ0v) is 16.9. The molecule has 5 aliphatic rings. The number of aromatic nitrogens is 1. The fraction of sp³-hybridized carbons (Fsp3) is 0.565. The molecule has 4 bridgehead atoms. The molecule has 5 heteroatoms. The predicted octanol–water partition coefficient (Wildman–Crippen LogP) is 3.69. The number of rotatable bonds is 4. The average molecular weight is 380 g/mol. The first-order valence-corrected chi connectivity index (χ1v) is 10.6. The van der Waals surface area contributed by atoms with Gasteiger partial charge in [0.1, 0.15) is 0 Å². The Morgan fingerprint density at radius 3 is 2.96 bits per heavy atom. The van der Waals surface area contributed by atoms with Crippen molar-refractivity contribution in [3.05, 3.63) is 41.6 Å². The van der Waals surface area contributed by atoms with Crippen molar-refractivity contribution in [3.63, 3.8) is 0 Å². The SMILES string of the molecule is CC[C@]12CN3CC[C@H]1C[C@@H]3[C@H](c1ccnc3ccc(C(=O)NC(C)C)cc13)O2. The summed E-state index contributed by atoms with van der Waals surface area (Å²) in [5, 5.41) is 4.03. The highest BCUT2D eigenvalue weighted by Gasteiger charge is 2.58. The molecule has 5 aliphatic heterocycles. The van der Waals surface area contributed by atoms with Gasteiger partial charge in [-0.1, -0.05) is 6.92 Å². The van der Waals surface area contributed by atoms with Crippen molar-refractivity contribution in [2.75, 3.05) is 13.1 Å². The van der Waals surface area contributed by atoms with Gasteiger partial charge in [0.05, 0.1) is 17.2 Å². The van der Waals surface area contributed by atoms with Gasteiger partial charge >= 0.3 is 0 Å². The number of pyridine rings is 1. The Balaban J connectivity index is 1.57. The molecule has 0 saturated carbocycles. The summed E-state index contributed by atoms with van der Waals surface area (Å²) >= 11 is 0. The Labute approximate surface area is 166 Å². The summed E-state index contributed by atoms with van der Waals surface area (Å²) in [6.45, 7) is 8.47. The molecule has 6 heterocycles. The maximum Gasteiger partial charge on any atom is 0.251 e. The third-order valence-electron chi connectivity index (χ3n) is 7.05. The Bertz CT molecular complexity index is 927. The lowest BCUT2D eigenvalue weighted by Gasteiger charge is -2.64. The molecule has 1 aromatic carbocycles. The van der Waals surface area contributed by atoms with Crippen molar-refractivity contribution < 1.29 is 9.53 Å². The van der Waals surface area contributed by atoms with E-state index >= 15 is 0 Å². The molecule has 1 amide bonds. The van der Waals surface area contributed by atoms with E-state index in [-0.39, 0.29) is 23.7 Å². The molecule has 5 nitrogen and oxygen atoms in total. The maximum atomic E-state index is 12.5.